The van der Waals surface area contributed by atoms with Gasteiger partial charge in [-0.15, -0.1) is 0 Å². The number of nitrogens with zero attached hydrogens (tertiary/aromatic N) is 3. The van der Waals surface area contributed by atoms with E-state index < -0.39 is 0 Å². The van der Waals surface area contributed by atoms with Gasteiger partial charge in [-0.2, -0.15) is 0 Å². The molecule has 0 radical (unpaired) electrons. The van der Waals surface area contributed by atoms with Crippen LogP contribution in [0.3, 0.4) is 0 Å². The molecule has 2 aromatic heterocycles. The fraction of sp³-hybridized carbons (Fsp3) is 0.200. The van der Waals surface area contributed by atoms with E-state index >= 15 is 0 Å². The number of benzene rings is 1. The third-order valence-corrected chi connectivity index (χ3v) is 4.30. The number of phenols is 1. The highest BCUT2D eigenvalue weighted by atomic mass is 16.5. The molecule has 0 saturated carbocycles. The summed E-state index contributed by atoms with van der Waals surface area (Å²) < 4.78 is 5.81. The van der Waals surface area contributed by atoms with Crippen LogP contribution in [0.25, 0.3) is 11.1 Å². The second-order valence-electron chi connectivity index (χ2n) is 6.11. The first-order valence-electron chi connectivity index (χ1n) is 8.31. The Labute approximate surface area is 146 Å². The van der Waals surface area contributed by atoms with Crippen LogP contribution in [0, 0.1) is 0 Å². The number of hydrogen-bond donors (Lipinski definition) is 1. The molecule has 0 amide bonds. The van der Waals surface area contributed by atoms with Crippen molar-refractivity contribution in [2.45, 2.75) is 13.1 Å². The van der Waals surface area contributed by atoms with Gasteiger partial charge < -0.3 is 9.84 Å². The van der Waals surface area contributed by atoms with Crippen molar-refractivity contribution in [3.63, 3.8) is 0 Å². The van der Waals surface area contributed by atoms with Crippen LogP contribution in [-0.4, -0.2) is 33.1 Å². The van der Waals surface area contributed by atoms with Crippen molar-refractivity contribution in [3.05, 3.63) is 72.3 Å². The molecule has 0 unspecified atom stereocenters. The van der Waals surface area contributed by atoms with E-state index in [2.05, 4.69) is 20.9 Å². The van der Waals surface area contributed by atoms with Crippen molar-refractivity contribution in [3.8, 4) is 22.6 Å². The Hall–Kier alpha value is -2.92. The molecule has 0 aliphatic carbocycles. The second kappa shape index (κ2) is 6.91. The van der Waals surface area contributed by atoms with E-state index in [1.807, 2.05) is 36.5 Å². The topological polar surface area (TPSA) is 58.5 Å². The molecular formula is C20H19N3O2. The van der Waals surface area contributed by atoms with E-state index in [9.17, 15) is 5.11 Å². The predicted octanol–water partition coefficient (Wildman–Crippen LogP) is 3.24. The highest BCUT2D eigenvalue weighted by molar-refractivity contribution is 5.68. The molecule has 0 atom stereocenters. The van der Waals surface area contributed by atoms with E-state index in [1.165, 1.54) is 0 Å². The van der Waals surface area contributed by atoms with Gasteiger partial charge in [-0.1, -0.05) is 12.1 Å². The lowest BCUT2D eigenvalue weighted by Gasteiger charge is -2.19. The number of ether oxygens (including phenoxy) is 1. The van der Waals surface area contributed by atoms with E-state index in [4.69, 9.17) is 4.74 Å². The first-order chi connectivity index (χ1) is 12.3. The number of rotatable bonds is 3. The molecule has 3 heterocycles. The van der Waals surface area contributed by atoms with Gasteiger partial charge in [0.2, 0.25) is 0 Å². The maximum Gasteiger partial charge on any atom is 0.165 e. The Bertz CT molecular complexity index is 854. The molecule has 0 fully saturated rings. The maximum atomic E-state index is 10.4. The standard InChI is InChI=1S/C20H19N3O2/c24-19-11-16(15-4-3-6-21-12-15)10-17-13-23(8-9-25-20(17)19)14-18-5-1-2-7-22-18/h1-7,10-12,24H,8-9,13-14H2. The minimum Gasteiger partial charge on any atom is -0.504 e. The van der Waals surface area contributed by atoms with Crippen LogP contribution in [-0.2, 0) is 13.1 Å². The second-order valence-corrected chi connectivity index (χ2v) is 6.11. The summed E-state index contributed by atoms with van der Waals surface area (Å²) in [5, 5.41) is 10.4. The molecule has 5 heteroatoms. The zero-order valence-corrected chi connectivity index (χ0v) is 13.8. The summed E-state index contributed by atoms with van der Waals surface area (Å²) in [5.41, 5.74) is 3.92. The van der Waals surface area contributed by atoms with Gasteiger partial charge in [0.1, 0.15) is 6.61 Å². The van der Waals surface area contributed by atoms with Crippen LogP contribution in [0.2, 0.25) is 0 Å². The van der Waals surface area contributed by atoms with Crippen LogP contribution < -0.4 is 4.74 Å². The van der Waals surface area contributed by atoms with Gasteiger partial charge >= 0.3 is 0 Å². The van der Waals surface area contributed by atoms with Crippen LogP contribution in [0.5, 0.6) is 11.5 Å². The molecule has 25 heavy (non-hydrogen) atoms. The Kier molecular flexibility index (Phi) is 4.31. The highest BCUT2D eigenvalue weighted by Crippen LogP contribution is 2.37. The number of phenolic OH excluding ortho intramolecular Hbond substituents is 1. The molecule has 5 nitrogen and oxygen atoms in total. The first kappa shape index (κ1) is 15.6. The Morgan fingerprint density at radius 1 is 1.08 bits per heavy atom. The third kappa shape index (κ3) is 3.46. The first-order valence-corrected chi connectivity index (χ1v) is 8.31. The summed E-state index contributed by atoms with van der Waals surface area (Å²) in [6.45, 7) is 2.78. The average molecular weight is 333 g/mol. The number of aromatic nitrogens is 2. The van der Waals surface area contributed by atoms with Crippen molar-refractivity contribution in [2.75, 3.05) is 13.2 Å². The van der Waals surface area contributed by atoms with Crippen molar-refractivity contribution >= 4 is 0 Å². The molecule has 0 saturated heterocycles. The fourth-order valence-electron chi connectivity index (χ4n) is 3.11. The monoisotopic (exact) mass is 333 g/mol. The van der Waals surface area contributed by atoms with Gasteiger partial charge in [0.15, 0.2) is 11.5 Å². The van der Waals surface area contributed by atoms with Crippen LogP contribution in [0.1, 0.15) is 11.3 Å². The zero-order chi connectivity index (χ0) is 17.1. The quantitative estimate of drug-likeness (QED) is 0.797. The number of fused-ring (bicyclic) bond motifs is 1. The maximum absolute atomic E-state index is 10.4. The normalized spacial score (nSPS) is 14.4. The van der Waals surface area contributed by atoms with Gasteiger partial charge in [0.25, 0.3) is 0 Å². The number of aromatic hydroxyl groups is 1. The van der Waals surface area contributed by atoms with Crippen LogP contribution in [0.15, 0.2) is 61.1 Å². The molecule has 0 spiro atoms. The summed E-state index contributed by atoms with van der Waals surface area (Å²) in [4.78, 5) is 10.8. The molecule has 0 bridgehead atoms. The summed E-state index contributed by atoms with van der Waals surface area (Å²) in [6, 6.07) is 13.6. The molecular weight excluding hydrogens is 314 g/mol. The van der Waals surface area contributed by atoms with E-state index in [0.29, 0.717) is 18.9 Å². The molecule has 4 rings (SSSR count). The highest BCUT2D eigenvalue weighted by Gasteiger charge is 2.20. The molecule has 126 valence electrons. The number of hydrogen-bond acceptors (Lipinski definition) is 5. The van der Waals surface area contributed by atoms with Crippen molar-refractivity contribution < 1.29 is 9.84 Å². The molecule has 1 aromatic carbocycles. The lowest BCUT2D eigenvalue weighted by molar-refractivity contribution is 0.215. The fourth-order valence-corrected chi connectivity index (χ4v) is 3.11. The Morgan fingerprint density at radius 3 is 2.84 bits per heavy atom. The van der Waals surface area contributed by atoms with Crippen molar-refractivity contribution in [1.29, 1.82) is 0 Å². The SMILES string of the molecule is Oc1cc(-c2cccnc2)cc2c1OCCN(Cc1ccccn1)C2. The minimum atomic E-state index is 0.177. The van der Waals surface area contributed by atoms with Gasteiger partial charge in [-0.25, -0.2) is 0 Å². The summed E-state index contributed by atoms with van der Waals surface area (Å²) >= 11 is 0. The van der Waals surface area contributed by atoms with E-state index in [-0.39, 0.29) is 5.75 Å². The minimum absolute atomic E-state index is 0.177. The number of pyridine rings is 2. The average Bonchev–Trinajstić information content (AvgIpc) is 2.85. The van der Waals surface area contributed by atoms with Crippen molar-refractivity contribution in [2.24, 2.45) is 0 Å². The lowest BCUT2D eigenvalue weighted by Crippen LogP contribution is -2.25. The largest absolute Gasteiger partial charge is 0.504 e. The lowest BCUT2D eigenvalue weighted by atomic mass is 10.0. The van der Waals surface area contributed by atoms with Gasteiger partial charge in [-0.05, 0) is 35.9 Å². The smallest absolute Gasteiger partial charge is 0.165 e. The van der Waals surface area contributed by atoms with Gasteiger partial charge in [-0.3, -0.25) is 14.9 Å². The summed E-state index contributed by atoms with van der Waals surface area (Å²) in [5.74, 6) is 0.757. The molecule has 1 aliphatic heterocycles. The molecule has 1 aliphatic rings. The van der Waals surface area contributed by atoms with Gasteiger partial charge in [0, 0.05) is 49.4 Å². The van der Waals surface area contributed by atoms with Crippen molar-refractivity contribution in [1.82, 2.24) is 14.9 Å². The van der Waals surface area contributed by atoms with E-state index in [0.717, 1.165) is 35.5 Å². The zero-order valence-electron chi connectivity index (χ0n) is 13.8. The predicted molar refractivity (Wildman–Crippen MR) is 95.2 cm³/mol. The molecule has 3 aromatic rings. The Morgan fingerprint density at radius 2 is 2.04 bits per heavy atom. The van der Waals surface area contributed by atoms with Crippen LogP contribution in [0.4, 0.5) is 0 Å². The third-order valence-electron chi connectivity index (χ3n) is 4.30. The summed E-state index contributed by atoms with van der Waals surface area (Å²) in [7, 11) is 0. The Balaban J connectivity index is 1.64. The van der Waals surface area contributed by atoms with Gasteiger partial charge in [0.05, 0.1) is 5.69 Å². The van der Waals surface area contributed by atoms with Crippen LogP contribution >= 0.6 is 0 Å². The summed E-state index contributed by atoms with van der Waals surface area (Å²) in [6.07, 6.45) is 5.35. The molecule has 1 N–H and O–H groups in total. The van der Waals surface area contributed by atoms with E-state index in [1.54, 1.807) is 18.5 Å².